The van der Waals surface area contributed by atoms with Crippen LogP contribution in [0, 0.1) is 12.7 Å². The van der Waals surface area contributed by atoms with Gasteiger partial charge in [0.2, 0.25) is 5.95 Å². The maximum atomic E-state index is 13.7. The number of fused-ring (bicyclic) bond motifs is 1. The largest absolute Gasteiger partial charge is 0.494 e. The van der Waals surface area contributed by atoms with Crippen molar-refractivity contribution >= 4 is 28.9 Å². The van der Waals surface area contributed by atoms with E-state index in [4.69, 9.17) is 21.3 Å². The Morgan fingerprint density at radius 1 is 1.14 bits per heavy atom. The number of anilines is 2. The number of aliphatic hydroxyl groups is 1. The van der Waals surface area contributed by atoms with Gasteiger partial charge in [-0.3, -0.25) is 0 Å². The molecule has 2 aromatic carbocycles. The predicted molar refractivity (Wildman–Crippen MR) is 137 cm³/mol. The second-order valence-electron chi connectivity index (χ2n) is 8.52. The Morgan fingerprint density at radius 2 is 1.94 bits per heavy atom. The minimum atomic E-state index is -0.572. The van der Waals surface area contributed by atoms with Gasteiger partial charge in [0.15, 0.2) is 5.65 Å². The monoisotopic (exact) mass is 506 g/mol. The quantitative estimate of drug-likeness (QED) is 0.309. The highest BCUT2D eigenvalue weighted by Gasteiger charge is 2.17. The standard InChI is InChI=1S/C26H24ClFN6O2/c1-15-13-33(14-29-15)23-9-5-18(12-24(23)36-3)30-26-31-25-21(20-7-4-17(28)11-22(20)27)8-6-19(10-16(2)35)34(25)32-26/h4-9,11-14,16,35H,10H2,1-3H3,(H,30,32). The third kappa shape index (κ3) is 4.62. The van der Waals surface area contributed by atoms with E-state index in [0.29, 0.717) is 34.9 Å². The summed E-state index contributed by atoms with van der Waals surface area (Å²) in [5.41, 5.74) is 5.09. The molecule has 0 aliphatic heterocycles. The maximum Gasteiger partial charge on any atom is 0.247 e. The molecule has 8 nitrogen and oxygen atoms in total. The third-order valence-corrected chi connectivity index (χ3v) is 6.03. The van der Waals surface area contributed by atoms with Gasteiger partial charge in [0, 0.05) is 41.2 Å². The smallest absolute Gasteiger partial charge is 0.247 e. The van der Waals surface area contributed by atoms with E-state index in [0.717, 1.165) is 22.8 Å². The molecule has 1 unspecified atom stereocenters. The number of ether oxygens (including phenoxy) is 1. The molecule has 0 amide bonds. The van der Waals surface area contributed by atoms with Crippen molar-refractivity contribution in [3.8, 4) is 22.6 Å². The minimum absolute atomic E-state index is 0.271. The highest BCUT2D eigenvalue weighted by Crippen LogP contribution is 2.33. The number of nitrogens with one attached hydrogen (secondary N) is 1. The first-order valence-corrected chi connectivity index (χ1v) is 11.7. The number of hydrogen-bond donors (Lipinski definition) is 2. The lowest BCUT2D eigenvalue weighted by molar-refractivity contribution is 0.193. The molecule has 5 rings (SSSR count). The van der Waals surface area contributed by atoms with Gasteiger partial charge in [-0.2, -0.15) is 4.98 Å². The second-order valence-corrected chi connectivity index (χ2v) is 8.93. The third-order valence-electron chi connectivity index (χ3n) is 5.71. The Morgan fingerprint density at radius 3 is 2.64 bits per heavy atom. The van der Waals surface area contributed by atoms with E-state index >= 15 is 0 Å². The second kappa shape index (κ2) is 9.60. The summed E-state index contributed by atoms with van der Waals surface area (Å²) in [6.07, 6.45) is 3.46. The van der Waals surface area contributed by atoms with E-state index in [9.17, 15) is 9.50 Å². The van der Waals surface area contributed by atoms with Crippen molar-refractivity contribution in [2.45, 2.75) is 26.4 Å². The van der Waals surface area contributed by atoms with Crippen molar-refractivity contribution in [2.24, 2.45) is 0 Å². The first kappa shape index (κ1) is 23.8. The molecule has 0 saturated heterocycles. The molecule has 0 radical (unpaired) electrons. The number of hydrogen-bond acceptors (Lipinski definition) is 6. The van der Waals surface area contributed by atoms with Crippen molar-refractivity contribution in [1.29, 1.82) is 0 Å². The number of halogens is 2. The van der Waals surface area contributed by atoms with Crippen molar-refractivity contribution < 1.29 is 14.2 Å². The van der Waals surface area contributed by atoms with Crippen LogP contribution in [0.3, 0.4) is 0 Å². The molecule has 10 heteroatoms. The van der Waals surface area contributed by atoms with Gasteiger partial charge in [-0.15, -0.1) is 5.10 Å². The topological polar surface area (TPSA) is 89.5 Å². The fraction of sp³-hybridized carbons (Fsp3) is 0.192. The fourth-order valence-electron chi connectivity index (χ4n) is 4.09. The Hall–Kier alpha value is -3.95. The fourth-order valence-corrected chi connectivity index (χ4v) is 4.36. The van der Waals surface area contributed by atoms with Crippen LogP contribution in [0.25, 0.3) is 22.5 Å². The first-order chi connectivity index (χ1) is 17.3. The highest BCUT2D eigenvalue weighted by molar-refractivity contribution is 6.33. The van der Waals surface area contributed by atoms with E-state index in [2.05, 4.69) is 15.4 Å². The van der Waals surface area contributed by atoms with Crippen LogP contribution in [0.4, 0.5) is 16.0 Å². The Kier molecular flexibility index (Phi) is 6.34. The summed E-state index contributed by atoms with van der Waals surface area (Å²) in [4.78, 5) is 8.98. The minimum Gasteiger partial charge on any atom is -0.494 e. The molecule has 1 atom stereocenters. The molecule has 0 aliphatic rings. The molecule has 0 saturated carbocycles. The molecular weight excluding hydrogens is 483 g/mol. The summed E-state index contributed by atoms with van der Waals surface area (Å²) in [6, 6.07) is 13.6. The van der Waals surface area contributed by atoms with Crippen LogP contribution in [-0.4, -0.2) is 42.5 Å². The molecule has 36 heavy (non-hydrogen) atoms. The summed E-state index contributed by atoms with van der Waals surface area (Å²) in [6.45, 7) is 3.63. The van der Waals surface area contributed by atoms with E-state index in [1.807, 2.05) is 48.0 Å². The Bertz CT molecular complexity index is 1560. The van der Waals surface area contributed by atoms with Gasteiger partial charge in [-0.1, -0.05) is 11.6 Å². The summed E-state index contributed by atoms with van der Waals surface area (Å²) < 4.78 is 22.8. The zero-order chi connectivity index (χ0) is 25.4. The predicted octanol–water partition coefficient (Wildman–Crippen LogP) is 5.36. The van der Waals surface area contributed by atoms with Crippen LogP contribution in [0.1, 0.15) is 18.3 Å². The normalized spacial score (nSPS) is 12.2. The average molecular weight is 507 g/mol. The van der Waals surface area contributed by atoms with Gasteiger partial charge in [0.25, 0.3) is 0 Å². The molecule has 0 spiro atoms. The van der Waals surface area contributed by atoms with Gasteiger partial charge in [-0.25, -0.2) is 13.9 Å². The van der Waals surface area contributed by atoms with Crippen molar-refractivity contribution in [2.75, 3.05) is 12.4 Å². The lowest BCUT2D eigenvalue weighted by Crippen LogP contribution is -2.09. The number of aromatic nitrogens is 5. The molecule has 2 N–H and O–H groups in total. The molecule has 0 fully saturated rings. The van der Waals surface area contributed by atoms with Gasteiger partial charge in [0.05, 0.1) is 35.9 Å². The molecular formula is C26H24ClFN6O2. The molecule has 3 aromatic heterocycles. The van der Waals surface area contributed by atoms with Crippen LogP contribution in [0.2, 0.25) is 5.02 Å². The van der Waals surface area contributed by atoms with Gasteiger partial charge < -0.3 is 19.7 Å². The summed E-state index contributed by atoms with van der Waals surface area (Å²) in [5.74, 6) is 0.577. The van der Waals surface area contributed by atoms with Crippen LogP contribution in [0.5, 0.6) is 5.75 Å². The van der Waals surface area contributed by atoms with Gasteiger partial charge in [-0.05, 0) is 56.3 Å². The number of imidazole rings is 1. The number of nitrogens with zero attached hydrogens (tertiary/aromatic N) is 5. The summed E-state index contributed by atoms with van der Waals surface area (Å²) in [5, 5.41) is 18.1. The van der Waals surface area contributed by atoms with Crippen LogP contribution < -0.4 is 10.1 Å². The van der Waals surface area contributed by atoms with Crippen LogP contribution in [-0.2, 0) is 6.42 Å². The van der Waals surface area contributed by atoms with E-state index in [1.165, 1.54) is 12.1 Å². The average Bonchev–Trinajstić information content (AvgIpc) is 3.46. The number of aryl methyl sites for hydroxylation is 1. The first-order valence-electron chi connectivity index (χ1n) is 11.3. The summed E-state index contributed by atoms with van der Waals surface area (Å²) in [7, 11) is 1.61. The Labute approximate surface area is 212 Å². The molecule has 184 valence electrons. The molecule has 0 bridgehead atoms. The van der Waals surface area contributed by atoms with Crippen LogP contribution >= 0.6 is 11.6 Å². The lowest BCUT2D eigenvalue weighted by Gasteiger charge is -2.11. The molecule has 0 aliphatic carbocycles. The van der Waals surface area contributed by atoms with E-state index < -0.39 is 11.9 Å². The maximum absolute atomic E-state index is 13.7. The van der Waals surface area contributed by atoms with Crippen molar-refractivity contribution in [1.82, 2.24) is 24.1 Å². The molecule has 5 aromatic rings. The van der Waals surface area contributed by atoms with Crippen molar-refractivity contribution in [3.63, 3.8) is 0 Å². The Balaban J connectivity index is 1.56. The number of pyridine rings is 1. The lowest BCUT2D eigenvalue weighted by atomic mass is 10.1. The van der Waals surface area contributed by atoms with E-state index in [-0.39, 0.29) is 5.02 Å². The number of aliphatic hydroxyl groups excluding tert-OH is 1. The van der Waals surface area contributed by atoms with Crippen LogP contribution in [0.15, 0.2) is 61.1 Å². The number of methoxy groups -OCH3 is 1. The molecule has 3 heterocycles. The summed E-state index contributed by atoms with van der Waals surface area (Å²) >= 11 is 6.35. The van der Waals surface area contributed by atoms with Gasteiger partial charge >= 0.3 is 0 Å². The number of benzene rings is 2. The zero-order valence-electron chi connectivity index (χ0n) is 19.9. The van der Waals surface area contributed by atoms with E-state index in [1.54, 1.807) is 30.9 Å². The number of rotatable bonds is 7. The van der Waals surface area contributed by atoms with Crippen molar-refractivity contribution in [3.05, 3.63) is 83.3 Å². The zero-order valence-corrected chi connectivity index (χ0v) is 20.7. The van der Waals surface area contributed by atoms with Gasteiger partial charge in [0.1, 0.15) is 11.6 Å². The highest BCUT2D eigenvalue weighted by atomic mass is 35.5. The SMILES string of the molecule is COc1cc(Nc2nc3c(-c4ccc(F)cc4Cl)ccc(CC(C)O)n3n2)ccc1-n1cnc(C)c1.